The number of piperidine rings is 1. The van der Waals surface area contributed by atoms with E-state index >= 15 is 0 Å². The lowest BCUT2D eigenvalue weighted by atomic mass is 9.86. The third-order valence-electron chi connectivity index (χ3n) is 6.56. The van der Waals surface area contributed by atoms with E-state index in [1.807, 2.05) is 11.3 Å². The molecule has 2 aromatic rings. The van der Waals surface area contributed by atoms with E-state index in [9.17, 15) is 4.79 Å². The highest BCUT2D eigenvalue weighted by atomic mass is 32.1. The van der Waals surface area contributed by atoms with Crippen molar-refractivity contribution in [1.82, 2.24) is 15.2 Å². The molecule has 2 fully saturated rings. The minimum atomic E-state index is -0.0320. The fourth-order valence-electron chi connectivity index (χ4n) is 4.60. The average molecular weight is 386 g/mol. The van der Waals surface area contributed by atoms with Crippen molar-refractivity contribution in [2.75, 3.05) is 13.1 Å². The summed E-state index contributed by atoms with van der Waals surface area (Å²) >= 11 is 1.83. The molecule has 0 radical (unpaired) electrons. The first-order valence-electron chi connectivity index (χ1n) is 10.5. The summed E-state index contributed by atoms with van der Waals surface area (Å²) in [7, 11) is 0. The highest BCUT2D eigenvalue weighted by Crippen LogP contribution is 2.34. The Labute approximate surface area is 166 Å². The van der Waals surface area contributed by atoms with Crippen LogP contribution >= 0.6 is 11.3 Å². The van der Waals surface area contributed by atoms with Crippen LogP contribution in [0.15, 0.2) is 24.3 Å². The highest BCUT2D eigenvalue weighted by Gasteiger charge is 2.31. The molecule has 1 aliphatic carbocycles. The van der Waals surface area contributed by atoms with Crippen LogP contribution in [0.2, 0.25) is 0 Å². The zero-order valence-electron chi connectivity index (χ0n) is 16.5. The summed E-state index contributed by atoms with van der Waals surface area (Å²) in [5.41, 5.74) is 1.12. The van der Waals surface area contributed by atoms with E-state index in [1.165, 1.54) is 29.0 Å². The minimum absolute atomic E-state index is 0.0320. The maximum atomic E-state index is 12.8. The lowest BCUT2D eigenvalue weighted by Crippen LogP contribution is -2.52. The number of likely N-dealkylation sites (tertiary alicyclic amines) is 1. The van der Waals surface area contributed by atoms with Crippen molar-refractivity contribution in [3.05, 3.63) is 29.3 Å². The van der Waals surface area contributed by atoms with Crippen molar-refractivity contribution in [3.8, 4) is 0 Å². The van der Waals surface area contributed by atoms with Gasteiger partial charge in [0, 0.05) is 12.0 Å². The fraction of sp³-hybridized carbons (Fsp3) is 0.636. The molecule has 1 saturated carbocycles. The topological polar surface area (TPSA) is 45.2 Å². The van der Waals surface area contributed by atoms with E-state index in [1.54, 1.807) is 0 Å². The lowest BCUT2D eigenvalue weighted by molar-refractivity contribution is -0.127. The summed E-state index contributed by atoms with van der Waals surface area (Å²) in [6, 6.07) is 8.74. The molecule has 146 valence electrons. The number of carbonyl (C=O) groups excluding carboxylic acids is 1. The van der Waals surface area contributed by atoms with Gasteiger partial charge in [0.15, 0.2) is 0 Å². The number of fused-ring (bicyclic) bond motifs is 1. The van der Waals surface area contributed by atoms with Gasteiger partial charge < -0.3 is 5.32 Å². The summed E-state index contributed by atoms with van der Waals surface area (Å²) < 4.78 is 1.28. The molecule has 27 heavy (non-hydrogen) atoms. The Hall–Kier alpha value is -1.46. The van der Waals surface area contributed by atoms with Crippen LogP contribution in [0.1, 0.15) is 63.3 Å². The third-order valence-corrected chi connectivity index (χ3v) is 7.75. The fourth-order valence-corrected chi connectivity index (χ4v) is 5.73. The van der Waals surface area contributed by atoms with Crippen molar-refractivity contribution in [2.24, 2.45) is 5.92 Å². The van der Waals surface area contributed by atoms with Gasteiger partial charge in [-0.15, -0.1) is 11.3 Å². The molecule has 1 N–H and O–H groups in total. The first-order chi connectivity index (χ1) is 13.1. The maximum absolute atomic E-state index is 12.8. The van der Waals surface area contributed by atoms with Gasteiger partial charge in [-0.05, 0) is 63.7 Å². The largest absolute Gasteiger partial charge is 0.352 e. The molecule has 4 nitrogen and oxygen atoms in total. The zero-order chi connectivity index (χ0) is 18.8. The summed E-state index contributed by atoms with van der Waals surface area (Å²) in [4.78, 5) is 20.0. The number of carbonyl (C=O) groups is 1. The Morgan fingerprint density at radius 3 is 2.67 bits per heavy atom. The van der Waals surface area contributed by atoms with E-state index in [0.717, 1.165) is 37.9 Å². The molecule has 0 spiro atoms. The van der Waals surface area contributed by atoms with E-state index in [-0.39, 0.29) is 11.9 Å². The smallest absolute Gasteiger partial charge is 0.237 e. The zero-order valence-corrected chi connectivity index (χ0v) is 17.3. The summed E-state index contributed by atoms with van der Waals surface area (Å²) in [5.74, 6) is 1.36. The number of hydrogen-bond acceptors (Lipinski definition) is 4. The van der Waals surface area contributed by atoms with Crippen LogP contribution in [-0.4, -0.2) is 41.0 Å². The number of amides is 1. The molecule has 5 heteroatoms. The molecule has 0 unspecified atom stereocenters. The number of benzene rings is 1. The summed E-state index contributed by atoms with van der Waals surface area (Å²) in [6.07, 6.45) is 7.13. The molecule has 3 atom stereocenters. The van der Waals surface area contributed by atoms with Crippen molar-refractivity contribution >= 4 is 27.5 Å². The SMILES string of the molecule is C[C@@H]1CCCC[C@@H]1NC(=O)[C@@H](C)N1CCC(c2nc3ccccc3s2)CC1. The summed E-state index contributed by atoms with van der Waals surface area (Å²) in [5, 5.41) is 4.60. The van der Waals surface area contributed by atoms with Gasteiger partial charge in [-0.25, -0.2) is 4.98 Å². The van der Waals surface area contributed by atoms with Crippen LogP contribution in [0.25, 0.3) is 10.2 Å². The standard InChI is InChI=1S/C22H31N3OS/c1-15-7-3-4-8-18(15)23-21(26)16(2)25-13-11-17(12-14-25)22-24-19-9-5-6-10-20(19)27-22/h5-6,9-10,15-18H,3-4,7-8,11-14H2,1-2H3,(H,23,26)/t15-,16-,18+/m1/s1. The Morgan fingerprint density at radius 2 is 1.93 bits per heavy atom. The molecule has 1 aliphatic heterocycles. The molecule has 2 aliphatic rings. The van der Waals surface area contributed by atoms with Gasteiger partial charge in [-0.3, -0.25) is 9.69 Å². The van der Waals surface area contributed by atoms with Gasteiger partial charge in [0.25, 0.3) is 0 Å². The van der Waals surface area contributed by atoms with Gasteiger partial charge in [0.2, 0.25) is 5.91 Å². The predicted octanol–water partition coefficient (Wildman–Crippen LogP) is 4.56. The molecule has 2 heterocycles. The average Bonchev–Trinajstić information content (AvgIpc) is 3.13. The Morgan fingerprint density at radius 1 is 1.19 bits per heavy atom. The van der Waals surface area contributed by atoms with Gasteiger partial charge >= 0.3 is 0 Å². The van der Waals surface area contributed by atoms with Crippen LogP contribution in [0, 0.1) is 5.92 Å². The van der Waals surface area contributed by atoms with Crippen LogP contribution in [0.4, 0.5) is 0 Å². The van der Waals surface area contributed by atoms with Gasteiger partial charge in [-0.2, -0.15) is 0 Å². The molecule has 0 bridgehead atoms. The lowest BCUT2D eigenvalue weighted by Gasteiger charge is -2.36. The van der Waals surface area contributed by atoms with Crippen LogP contribution in [0.5, 0.6) is 0 Å². The van der Waals surface area contributed by atoms with Gasteiger partial charge in [0.1, 0.15) is 0 Å². The minimum Gasteiger partial charge on any atom is -0.352 e. The quantitative estimate of drug-likeness (QED) is 0.839. The van der Waals surface area contributed by atoms with Gasteiger partial charge in [-0.1, -0.05) is 31.9 Å². The number of aromatic nitrogens is 1. The number of para-hydroxylation sites is 1. The Balaban J connectivity index is 1.32. The van der Waals surface area contributed by atoms with Crippen LogP contribution in [-0.2, 0) is 4.79 Å². The summed E-state index contributed by atoms with van der Waals surface area (Å²) in [6.45, 7) is 6.31. The molecule has 1 saturated heterocycles. The number of rotatable bonds is 4. The van der Waals surface area contributed by atoms with Crippen molar-refractivity contribution in [3.63, 3.8) is 0 Å². The predicted molar refractivity (Wildman–Crippen MR) is 112 cm³/mol. The Kier molecular flexibility index (Phi) is 5.79. The third kappa shape index (κ3) is 4.19. The normalized spacial score (nSPS) is 26.1. The van der Waals surface area contributed by atoms with Crippen molar-refractivity contribution in [2.45, 2.75) is 70.4 Å². The van der Waals surface area contributed by atoms with E-state index in [2.05, 4.69) is 48.3 Å². The maximum Gasteiger partial charge on any atom is 0.237 e. The first-order valence-corrected chi connectivity index (χ1v) is 11.3. The first kappa shape index (κ1) is 18.9. The second-order valence-electron chi connectivity index (χ2n) is 8.38. The van der Waals surface area contributed by atoms with Gasteiger partial charge in [0.05, 0.1) is 21.3 Å². The molecule has 1 aromatic carbocycles. The monoisotopic (exact) mass is 385 g/mol. The molecular weight excluding hydrogens is 354 g/mol. The van der Waals surface area contributed by atoms with Crippen LogP contribution in [0.3, 0.4) is 0 Å². The Bertz CT molecular complexity index is 748. The van der Waals surface area contributed by atoms with Crippen LogP contribution < -0.4 is 5.32 Å². The molecule has 1 aromatic heterocycles. The van der Waals surface area contributed by atoms with E-state index in [0.29, 0.717) is 17.9 Å². The van der Waals surface area contributed by atoms with E-state index < -0.39 is 0 Å². The number of nitrogens with zero attached hydrogens (tertiary/aromatic N) is 2. The highest BCUT2D eigenvalue weighted by molar-refractivity contribution is 7.18. The second-order valence-corrected chi connectivity index (χ2v) is 9.45. The second kappa shape index (κ2) is 8.27. The molecule has 1 amide bonds. The van der Waals surface area contributed by atoms with Crippen molar-refractivity contribution in [1.29, 1.82) is 0 Å². The molecular formula is C22H31N3OS. The number of thiazole rings is 1. The number of hydrogen-bond donors (Lipinski definition) is 1. The van der Waals surface area contributed by atoms with E-state index in [4.69, 9.17) is 4.98 Å². The van der Waals surface area contributed by atoms with Crippen molar-refractivity contribution < 1.29 is 4.79 Å². The molecule has 4 rings (SSSR count). The number of nitrogens with one attached hydrogen (secondary N) is 1.